The molecule has 1 saturated carbocycles. The van der Waals surface area contributed by atoms with Crippen molar-refractivity contribution in [3.05, 3.63) is 34.6 Å². The Bertz CT molecular complexity index is 476. The monoisotopic (exact) mass is 320 g/mol. The number of benzene rings is 1. The van der Waals surface area contributed by atoms with Gasteiger partial charge in [-0.1, -0.05) is 36.9 Å². The number of nitrogens with one attached hydrogen (secondary N) is 1. The summed E-state index contributed by atoms with van der Waals surface area (Å²) >= 11 is 5.78. The average Bonchev–Trinajstić information content (AvgIpc) is 2.40. The summed E-state index contributed by atoms with van der Waals surface area (Å²) in [5, 5.41) is 2.62. The van der Waals surface area contributed by atoms with E-state index in [1.165, 1.54) is 24.6 Å². The molecule has 1 aliphatic rings. The van der Waals surface area contributed by atoms with Gasteiger partial charge in [0.1, 0.15) is 5.82 Å². The number of hydrogen-bond donors (Lipinski definition) is 2. The highest BCUT2D eigenvalue weighted by molar-refractivity contribution is 6.34. The van der Waals surface area contributed by atoms with Gasteiger partial charge in [-0.2, -0.15) is 0 Å². The van der Waals surface area contributed by atoms with E-state index >= 15 is 0 Å². The summed E-state index contributed by atoms with van der Waals surface area (Å²) in [5.41, 5.74) is 6.05. The second kappa shape index (κ2) is 7.25. The van der Waals surface area contributed by atoms with Crippen LogP contribution in [0.15, 0.2) is 18.2 Å². The first kappa shape index (κ1) is 17.2. The van der Waals surface area contributed by atoms with E-state index in [9.17, 15) is 9.18 Å². The fourth-order valence-corrected chi connectivity index (χ4v) is 2.68. The van der Waals surface area contributed by atoms with Gasteiger partial charge in [0.25, 0.3) is 5.91 Å². The van der Waals surface area contributed by atoms with Crippen LogP contribution in [0.25, 0.3) is 0 Å². The summed E-state index contributed by atoms with van der Waals surface area (Å²) in [6, 6.07) is 4.20. The zero-order valence-corrected chi connectivity index (χ0v) is 12.7. The Morgan fingerprint density at radius 2 is 2.00 bits per heavy atom. The van der Waals surface area contributed by atoms with Crippen LogP contribution in [0, 0.1) is 5.82 Å². The van der Waals surface area contributed by atoms with Crippen LogP contribution in [0.4, 0.5) is 4.39 Å². The lowest BCUT2D eigenvalue weighted by Crippen LogP contribution is -2.51. The highest BCUT2D eigenvalue weighted by Crippen LogP contribution is 2.25. The Labute approximate surface area is 129 Å². The van der Waals surface area contributed by atoms with Crippen LogP contribution in [0.5, 0.6) is 0 Å². The first-order valence-electron chi connectivity index (χ1n) is 6.53. The molecule has 1 aliphatic carbocycles. The van der Waals surface area contributed by atoms with Crippen molar-refractivity contribution in [1.29, 1.82) is 0 Å². The molecule has 0 atom stereocenters. The van der Waals surface area contributed by atoms with E-state index in [1.54, 1.807) is 0 Å². The molecular weight excluding hydrogens is 302 g/mol. The molecule has 6 heteroatoms. The minimum Gasteiger partial charge on any atom is -0.350 e. The maximum Gasteiger partial charge on any atom is 0.252 e. The number of amides is 1. The van der Waals surface area contributed by atoms with Gasteiger partial charge < -0.3 is 11.1 Å². The quantitative estimate of drug-likeness (QED) is 0.897. The van der Waals surface area contributed by atoms with Crippen LogP contribution < -0.4 is 11.1 Å². The molecule has 1 aromatic carbocycles. The van der Waals surface area contributed by atoms with Crippen LogP contribution in [0.2, 0.25) is 5.02 Å². The summed E-state index contributed by atoms with van der Waals surface area (Å²) in [5.74, 6) is -0.964. The fourth-order valence-electron chi connectivity index (χ4n) is 2.46. The Hall–Kier alpha value is -0.840. The van der Waals surface area contributed by atoms with E-state index in [0.29, 0.717) is 6.54 Å². The summed E-state index contributed by atoms with van der Waals surface area (Å²) in [4.78, 5) is 12.0. The van der Waals surface area contributed by atoms with E-state index in [0.717, 1.165) is 25.7 Å². The lowest BCUT2D eigenvalue weighted by Gasteiger charge is -2.33. The fraction of sp³-hybridized carbons (Fsp3) is 0.500. The predicted molar refractivity (Wildman–Crippen MR) is 81.0 cm³/mol. The first-order valence-corrected chi connectivity index (χ1v) is 6.91. The third-order valence-corrected chi connectivity index (χ3v) is 4.03. The van der Waals surface area contributed by atoms with Crippen molar-refractivity contribution < 1.29 is 9.18 Å². The molecule has 0 saturated heterocycles. The molecule has 0 aromatic heterocycles. The molecule has 0 radical (unpaired) electrons. The minimum atomic E-state index is -0.588. The molecule has 20 heavy (non-hydrogen) atoms. The smallest absolute Gasteiger partial charge is 0.252 e. The lowest BCUT2D eigenvalue weighted by atomic mass is 9.82. The maximum atomic E-state index is 13.3. The first-order chi connectivity index (χ1) is 9.02. The summed E-state index contributed by atoms with van der Waals surface area (Å²) in [6.07, 6.45) is 5.19. The Morgan fingerprint density at radius 3 is 2.65 bits per heavy atom. The number of rotatable bonds is 3. The van der Waals surface area contributed by atoms with Crippen LogP contribution in [-0.2, 0) is 0 Å². The zero-order chi connectivity index (χ0) is 13.9. The molecule has 0 aliphatic heterocycles. The molecule has 2 rings (SSSR count). The molecule has 1 aromatic rings. The molecule has 112 valence electrons. The van der Waals surface area contributed by atoms with Crippen molar-refractivity contribution >= 4 is 29.9 Å². The number of hydrogen-bond acceptors (Lipinski definition) is 2. The molecule has 3 N–H and O–H groups in total. The molecule has 0 heterocycles. The van der Waals surface area contributed by atoms with Crippen molar-refractivity contribution in [1.82, 2.24) is 5.32 Å². The van der Waals surface area contributed by atoms with E-state index in [2.05, 4.69) is 5.32 Å². The maximum absolute atomic E-state index is 13.3. The average molecular weight is 321 g/mol. The third kappa shape index (κ3) is 4.08. The zero-order valence-electron chi connectivity index (χ0n) is 11.1. The Balaban J connectivity index is 0.00000200. The van der Waals surface area contributed by atoms with Crippen LogP contribution in [0.1, 0.15) is 42.5 Å². The van der Waals surface area contributed by atoms with Gasteiger partial charge in [-0.25, -0.2) is 4.39 Å². The molecular formula is C14H19Cl2FN2O. The second-order valence-electron chi connectivity index (χ2n) is 5.21. The minimum absolute atomic E-state index is 0. The van der Waals surface area contributed by atoms with Crippen molar-refractivity contribution in [3.63, 3.8) is 0 Å². The number of carbonyl (C=O) groups is 1. The van der Waals surface area contributed by atoms with Gasteiger partial charge in [0.2, 0.25) is 0 Å². The molecule has 1 fully saturated rings. The Kier molecular flexibility index (Phi) is 6.24. The van der Waals surface area contributed by atoms with Crippen molar-refractivity contribution in [3.8, 4) is 0 Å². The lowest BCUT2D eigenvalue weighted by molar-refractivity contribution is 0.0937. The largest absolute Gasteiger partial charge is 0.350 e. The van der Waals surface area contributed by atoms with Crippen LogP contribution in [0.3, 0.4) is 0 Å². The molecule has 1 amide bonds. The number of halogens is 3. The topological polar surface area (TPSA) is 55.1 Å². The molecule has 0 bridgehead atoms. The van der Waals surface area contributed by atoms with Gasteiger partial charge in [-0.15, -0.1) is 12.4 Å². The predicted octanol–water partition coefficient (Wildman–Crippen LogP) is 3.29. The van der Waals surface area contributed by atoms with Crippen LogP contribution >= 0.6 is 24.0 Å². The summed E-state index contributed by atoms with van der Waals surface area (Å²) in [7, 11) is 0. The van der Waals surface area contributed by atoms with Gasteiger partial charge in [0.05, 0.1) is 10.6 Å². The highest BCUT2D eigenvalue weighted by Gasteiger charge is 2.28. The SMILES string of the molecule is Cl.NC1(CNC(=O)c2cccc(F)c2Cl)CCCCC1. The standard InChI is InChI=1S/C14H18ClFN2O.ClH/c15-12-10(5-4-6-11(12)16)13(19)18-9-14(17)7-2-1-3-8-14;/h4-6H,1-3,7-9,17H2,(H,18,19);1H. The number of nitrogens with two attached hydrogens (primary N) is 1. The van der Waals surface area contributed by atoms with Crippen molar-refractivity contribution in [2.45, 2.75) is 37.6 Å². The number of carbonyl (C=O) groups excluding carboxylic acids is 1. The Morgan fingerprint density at radius 1 is 1.35 bits per heavy atom. The summed E-state index contributed by atoms with van der Waals surface area (Å²) < 4.78 is 13.3. The van der Waals surface area contributed by atoms with Crippen molar-refractivity contribution in [2.24, 2.45) is 5.73 Å². The summed E-state index contributed by atoms with van der Waals surface area (Å²) in [6.45, 7) is 0.401. The third-order valence-electron chi connectivity index (χ3n) is 3.65. The van der Waals surface area contributed by atoms with E-state index in [1.807, 2.05) is 0 Å². The highest BCUT2D eigenvalue weighted by atomic mass is 35.5. The van der Waals surface area contributed by atoms with Gasteiger partial charge >= 0.3 is 0 Å². The van der Waals surface area contributed by atoms with Crippen molar-refractivity contribution in [2.75, 3.05) is 6.54 Å². The van der Waals surface area contributed by atoms with Crippen LogP contribution in [-0.4, -0.2) is 18.0 Å². The molecule has 3 nitrogen and oxygen atoms in total. The van der Waals surface area contributed by atoms with E-state index in [4.69, 9.17) is 17.3 Å². The molecule has 0 unspecified atom stereocenters. The van der Waals surface area contributed by atoms with Gasteiger partial charge in [0, 0.05) is 12.1 Å². The second-order valence-corrected chi connectivity index (χ2v) is 5.59. The normalized spacial score (nSPS) is 17.1. The van der Waals surface area contributed by atoms with E-state index in [-0.39, 0.29) is 34.4 Å². The van der Waals surface area contributed by atoms with E-state index < -0.39 is 5.82 Å². The van der Waals surface area contributed by atoms with Gasteiger partial charge in [0.15, 0.2) is 0 Å². The van der Waals surface area contributed by atoms with Gasteiger partial charge in [-0.3, -0.25) is 4.79 Å². The van der Waals surface area contributed by atoms with Gasteiger partial charge in [-0.05, 0) is 25.0 Å². The molecule has 0 spiro atoms.